The third-order valence-corrected chi connectivity index (χ3v) is 7.10. The van der Waals surface area contributed by atoms with Gasteiger partial charge in [-0.1, -0.05) is 19.1 Å². The summed E-state index contributed by atoms with van der Waals surface area (Å²) in [6.07, 6.45) is 0.509. The van der Waals surface area contributed by atoms with E-state index in [1.165, 1.54) is 59.7 Å². The van der Waals surface area contributed by atoms with Gasteiger partial charge in [0.2, 0.25) is 0 Å². The van der Waals surface area contributed by atoms with Crippen LogP contribution in [0, 0.1) is 11.6 Å². The fraction of sp³-hybridized carbons (Fsp3) is 0.303. The van der Waals surface area contributed by atoms with Crippen LogP contribution in [0.4, 0.5) is 22.0 Å². The smallest absolute Gasteiger partial charge is 0.417 e. The molecule has 9 nitrogen and oxygen atoms in total. The second-order valence-corrected chi connectivity index (χ2v) is 10.9. The molecule has 2 aromatic carbocycles. The maximum atomic E-state index is 14.4. The predicted molar refractivity (Wildman–Crippen MR) is 170 cm³/mol. The van der Waals surface area contributed by atoms with Crippen molar-refractivity contribution < 1.29 is 36.2 Å². The molecule has 2 aliphatic heterocycles. The number of benzene rings is 2. The van der Waals surface area contributed by atoms with E-state index in [1.807, 2.05) is 25.9 Å². The first-order chi connectivity index (χ1) is 22.5. The molecule has 2 aliphatic rings. The highest BCUT2D eigenvalue weighted by atomic mass is 35.5. The van der Waals surface area contributed by atoms with Crippen molar-refractivity contribution in [2.45, 2.75) is 32.0 Å². The minimum absolute atomic E-state index is 0. The van der Waals surface area contributed by atoms with Crippen LogP contribution in [-0.2, 0) is 15.7 Å². The summed E-state index contributed by atoms with van der Waals surface area (Å²) in [4.78, 5) is 28.3. The molecule has 0 fully saturated rings. The Kier molecular flexibility index (Phi) is 11.7. The molecular weight excluding hydrogens is 659 g/mol. The molecule has 48 heavy (non-hydrogen) atoms. The highest BCUT2D eigenvalue weighted by Gasteiger charge is 2.35. The number of imidazole rings is 1. The lowest BCUT2D eigenvalue weighted by molar-refractivity contribution is -0.146. The average molecular weight is 691 g/mol. The summed E-state index contributed by atoms with van der Waals surface area (Å²) in [7, 11) is 3.77. The quantitative estimate of drug-likeness (QED) is 0.0778. The van der Waals surface area contributed by atoms with Gasteiger partial charge in [-0.25, -0.2) is 23.5 Å². The number of hydrogen-bond acceptors (Lipinski definition) is 8. The van der Waals surface area contributed by atoms with Crippen molar-refractivity contribution in [2.24, 2.45) is 0 Å². The number of nitrogens with zero attached hydrogens (tertiary/aromatic N) is 6. The van der Waals surface area contributed by atoms with Gasteiger partial charge in [0, 0.05) is 23.9 Å². The Labute approximate surface area is 279 Å². The number of carbonyl (C=O) groups excluding carboxylic acids is 1. The summed E-state index contributed by atoms with van der Waals surface area (Å²) < 4.78 is 82.6. The summed E-state index contributed by atoms with van der Waals surface area (Å²) in [5.74, 6) is -2.84. The SMILES string of the molecule is CCCOc1ccc(-c2ccc(C(C(=O)OCCCN(C)C)n3cc4nc(-c5cccc(F)c5F)nc-4cn3)cn2)c(C(F)(F)F)c1.Cl. The number of halogens is 6. The number of esters is 1. The molecule has 0 aliphatic carbocycles. The van der Waals surface area contributed by atoms with Gasteiger partial charge in [0.1, 0.15) is 17.1 Å². The first-order valence-electron chi connectivity index (χ1n) is 14.7. The molecule has 3 heterocycles. The van der Waals surface area contributed by atoms with E-state index in [-0.39, 0.29) is 71.0 Å². The molecule has 0 saturated carbocycles. The molecule has 1 aromatic heterocycles. The fourth-order valence-corrected chi connectivity index (χ4v) is 4.82. The molecular formula is C33H32ClF5N6O3. The van der Waals surface area contributed by atoms with Gasteiger partial charge >= 0.3 is 12.1 Å². The number of hydrogen-bond donors (Lipinski definition) is 0. The largest absolute Gasteiger partial charge is 0.494 e. The Morgan fingerprint density at radius 2 is 1.73 bits per heavy atom. The van der Waals surface area contributed by atoms with Crippen LogP contribution in [0.3, 0.4) is 0 Å². The zero-order valence-electron chi connectivity index (χ0n) is 26.2. The monoisotopic (exact) mass is 690 g/mol. The molecule has 0 spiro atoms. The van der Waals surface area contributed by atoms with Gasteiger partial charge in [0.15, 0.2) is 23.5 Å². The van der Waals surface area contributed by atoms with Crippen molar-refractivity contribution in [3.8, 4) is 39.8 Å². The zero-order chi connectivity index (χ0) is 33.7. The third kappa shape index (κ3) is 8.23. The van der Waals surface area contributed by atoms with Crippen molar-refractivity contribution in [1.82, 2.24) is 29.6 Å². The summed E-state index contributed by atoms with van der Waals surface area (Å²) in [5, 5.41) is 4.32. The Morgan fingerprint density at radius 1 is 0.958 bits per heavy atom. The van der Waals surface area contributed by atoms with Crippen molar-refractivity contribution in [1.29, 1.82) is 0 Å². The van der Waals surface area contributed by atoms with Gasteiger partial charge in [-0.15, -0.1) is 12.4 Å². The highest BCUT2D eigenvalue weighted by molar-refractivity contribution is 5.85. The van der Waals surface area contributed by atoms with Gasteiger partial charge in [0.25, 0.3) is 0 Å². The van der Waals surface area contributed by atoms with Crippen LogP contribution in [0.15, 0.2) is 67.1 Å². The molecule has 0 bridgehead atoms. The van der Waals surface area contributed by atoms with Gasteiger partial charge in [-0.3, -0.25) is 9.67 Å². The standard InChI is InChI=1S/C33H31F5N6O3.ClH/c1-4-14-46-21-10-11-22(24(16-21)33(36,37)38)26-12-9-20(17-39-26)30(32(45)47-15-6-13-43(2)3)44-19-28-27(18-40-44)41-31(42-28)23-7-5-8-25(34)29(23)35;/h5,7-12,16-19,30H,4,6,13-15H2,1-3H3;1H. The van der Waals surface area contributed by atoms with Gasteiger partial charge < -0.3 is 14.4 Å². The molecule has 0 saturated heterocycles. The van der Waals surface area contributed by atoms with Crippen LogP contribution in [0.5, 0.6) is 5.75 Å². The lowest BCUT2D eigenvalue weighted by atomic mass is 10.0. The normalized spacial score (nSPS) is 12.2. The summed E-state index contributed by atoms with van der Waals surface area (Å²) in [6.45, 7) is 2.88. The maximum absolute atomic E-state index is 14.4. The summed E-state index contributed by atoms with van der Waals surface area (Å²) >= 11 is 0. The Balaban J connectivity index is 0.00000520. The minimum atomic E-state index is -4.68. The molecule has 254 valence electrons. The maximum Gasteiger partial charge on any atom is 0.417 e. The Hall–Kier alpha value is -4.69. The molecule has 5 rings (SSSR count). The molecule has 0 radical (unpaired) electrons. The van der Waals surface area contributed by atoms with Gasteiger partial charge in [-0.2, -0.15) is 18.3 Å². The Bertz CT molecular complexity index is 1820. The van der Waals surface area contributed by atoms with E-state index in [0.29, 0.717) is 19.4 Å². The van der Waals surface area contributed by atoms with E-state index in [4.69, 9.17) is 9.47 Å². The predicted octanol–water partition coefficient (Wildman–Crippen LogP) is 7.10. The lowest BCUT2D eigenvalue weighted by Crippen LogP contribution is -2.26. The van der Waals surface area contributed by atoms with Gasteiger partial charge in [0.05, 0.1) is 42.4 Å². The van der Waals surface area contributed by atoms with Crippen molar-refractivity contribution in [3.05, 3.63) is 89.9 Å². The summed E-state index contributed by atoms with van der Waals surface area (Å²) in [5.41, 5.74) is -0.426. The van der Waals surface area contributed by atoms with Crippen LogP contribution in [-0.4, -0.2) is 69.5 Å². The fourth-order valence-electron chi connectivity index (χ4n) is 4.82. The van der Waals surface area contributed by atoms with E-state index in [9.17, 15) is 26.7 Å². The van der Waals surface area contributed by atoms with E-state index < -0.39 is 35.4 Å². The highest BCUT2D eigenvalue weighted by Crippen LogP contribution is 2.39. The lowest BCUT2D eigenvalue weighted by Gasteiger charge is -2.20. The zero-order valence-corrected chi connectivity index (χ0v) is 27.0. The minimum Gasteiger partial charge on any atom is -0.494 e. The van der Waals surface area contributed by atoms with Crippen LogP contribution >= 0.6 is 12.4 Å². The third-order valence-electron chi connectivity index (χ3n) is 7.10. The van der Waals surface area contributed by atoms with E-state index in [0.717, 1.165) is 12.1 Å². The molecule has 0 N–H and O–H groups in total. The molecule has 15 heteroatoms. The first kappa shape index (κ1) is 36.2. The molecule has 1 unspecified atom stereocenters. The average Bonchev–Trinajstić information content (AvgIpc) is 3.47. The number of carbonyl (C=O) groups is 1. The van der Waals surface area contributed by atoms with Crippen molar-refractivity contribution in [2.75, 3.05) is 33.9 Å². The second-order valence-electron chi connectivity index (χ2n) is 10.9. The van der Waals surface area contributed by atoms with E-state index in [1.54, 1.807) is 0 Å². The van der Waals surface area contributed by atoms with Crippen LogP contribution < -0.4 is 4.74 Å². The van der Waals surface area contributed by atoms with Crippen LogP contribution in [0.25, 0.3) is 34.0 Å². The number of rotatable bonds is 12. The van der Waals surface area contributed by atoms with Crippen molar-refractivity contribution in [3.63, 3.8) is 0 Å². The van der Waals surface area contributed by atoms with Crippen LogP contribution in [0.1, 0.15) is 36.9 Å². The molecule has 1 atom stereocenters. The van der Waals surface area contributed by atoms with Crippen LogP contribution in [0.2, 0.25) is 0 Å². The van der Waals surface area contributed by atoms with Gasteiger partial charge in [-0.05, 0) is 63.3 Å². The molecule has 0 amide bonds. The Morgan fingerprint density at radius 3 is 2.42 bits per heavy atom. The van der Waals surface area contributed by atoms with E-state index >= 15 is 0 Å². The number of ether oxygens (including phenoxy) is 2. The second kappa shape index (κ2) is 15.5. The molecule has 3 aromatic rings. The van der Waals surface area contributed by atoms with Crippen molar-refractivity contribution >= 4 is 18.4 Å². The van der Waals surface area contributed by atoms with E-state index in [2.05, 4.69) is 20.1 Å². The summed E-state index contributed by atoms with van der Waals surface area (Å²) in [6, 6.07) is 8.97. The number of fused-ring (bicyclic) bond motifs is 1. The topological polar surface area (TPSA) is 95.3 Å². The first-order valence-corrected chi connectivity index (χ1v) is 14.7. The number of pyridine rings is 1. The number of aromatic nitrogens is 5. The number of alkyl halides is 3.